The zero-order chi connectivity index (χ0) is 22.3. The van der Waals surface area contributed by atoms with Crippen LogP contribution in [0.2, 0.25) is 15.1 Å². The van der Waals surface area contributed by atoms with Gasteiger partial charge in [0.05, 0.1) is 17.5 Å². The largest absolute Gasteiger partial charge is 0.326 e. The number of carbonyl (C=O) groups is 2. The summed E-state index contributed by atoms with van der Waals surface area (Å²) in [4.78, 5) is 25.4. The zero-order valence-corrected chi connectivity index (χ0v) is 20.0. The number of benzene rings is 2. The Kier molecular flexibility index (Phi) is 6.79. The number of hydrogen-bond acceptors (Lipinski definition) is 3. The fourth-order valence-electron chi connectivity index (χ4n) is 3.67. The molecule has 0 aliphatic heterocycles. The predicted molar refractivity (Wildman–Crippen MR) is 127 cm³/mol. The first-order valence-electron chi connectivity index (χ1n) is 9.85. The Balaban J connectivity index is 1.45. The summed E-state index contributed by atoms with van der Waals surface area (Å²) in [5.41, 5.74) is 1.48. The van der Waals surface area contributed by atoms with E-state index in [0.717, 1.165) is 6.54 Å². The molecule has 2 unspecified atom stereocenters. The maximum Gasteiger partial charge on any atom is 0.231 e. The summed E-state index contributed by atoms with van der Waals surface area (Å²) in [7, 11) is 0. The van der Waals surface area contributed by atoms with Gasteiger partial charge in [-0.1, -0.05) is 34.8 Å². The molecular weight excluding hydrogens is 502 g/mol. The van der Waals surface area contributed by atoms with Crippen LogP contribution in [0.15, 0.2) is 36.4 Å². The van der Waals surface area contributed by atoms with Crippen LogP contribution in [0.1, 0.15) is 34.7 Å². The molecule has 0 radical (unpaired) electrons. The summed E-state index contributed by atoms with van der Waals surface area (Å²) in [6, 6.07) is 9.77. The fraction of sp³-hybridized carbons (Fsp3) is 0.364. The number of amides is 1. The van der Waals surface area contributed by atoms with Crippen molar-refractivity contribution >= 4 is 75.4 Å². The van der Waals surface area contributed by atoms with Gasteiger partial charge in [0.15, 0.2) is 5.78 Å². The standard InChI is InChI=1S/C22H19Cl5N2O2/c23-13-5-12(6-14(24)7-13)19-20(22(19,26)27)21(31)29-15-3-4-17(25)16(8-15)18(30)10-28-9-11-1-2-11/h3-8,11,19-20,28H,1-2,9-10H2,(H,29,31). The molecule has 2 aliphatic rings. The first-order valence-corrected chi connectivity index (χ1v) is 11.7. The molecule has 0 heterocycles. The molecule has 2 aromatic carbocycles. The van der Waals surface area contributed by atoms with Gasteiger partial charge >= 0.3 is 0 Å². The second-order valence-electron chi connectivity index (χ2n) is 8.01. The van der Waals surface area contributed by atoms with Gasteiger partial charge in [-0.3, -0.25) is 9.59 Å². The van der Waals surface area contributed by atoms with Gasteiger partial charge in [-0.15, -0.1) is 23.2 Å². The summed E-state index contributed by atoms with van der Waals surface area (Å²) in [6.45, 7) is 1.02. The lowest BCUT2D eigenvalue weighted by atomic mass is 10.1. The monoisotopic (exact) mass is 518 g/mol. The predicted octanol–water partition coefficient (Wildman–Crippen LogP) is 6.36. The van der Waals surface area contributed by atoms with Gasteiger partial charge in [0.1, 0.15) is 4.33 Å². The number of alkyl halides is 2. The molecule has 0 saturated heterocycles. The molecule has 2 fully saturated rings. The summed E-state index contributed by atoms with van der Waals surface area (Å²) in [6.07, 6.45) is 2.41. The van der Waals surface area contributed by atoms with Crippen molar-refractivity contribution in [1.82, 2.24) is 5.32 Å². The molecule has 4 nitrogen and oxygen atoms in total. The molecule has 31 heavy (non-hydrogen) atoms. The van der Waals surface area contributed by atoms with E-state index in [-0.39, 0.29) is 18.2 Å². The van der Waals surface area contributed by atoms with Gasteiger partial charge in [-0.05, 0) is 67.3 Å². The number of hydrogen-bond donors (Lipinski definition) is 2. The zero-order valence-electron chi connectivity index (χ0n) is 16.2. The number of carbonyl (C=O) groups excluding carboxylic acids is 2. The average Bonchev–Trinajstić information content (AvgIpc) is 3.58. The summed E-state index contributed by atoms with van der Waals surface area (Å²) < 4.78 is -1.28. The van der Waals surface area contributed by atoms with E-state index in [0.29, 0.717) is 37.8 Å². The highest BCUT2D eigenvalue weighted by Gasteiger charge is 2.67. The highest BCUT2D eigenvalue weighted by molar-refractivity contribution is 6.53. The van der Waals surface area contributed by atoms with Crippen LogP contribution in [0, 0.1) is 11.8 Å². The topological polar surface area (TPSA) is 58.2 Å². The molecule has 0 bridgehead atoms. The van der Waals surface area contributed by atoms with Gasteiger partial charge in [-0.25, -0.2) is 0 Å². The number of halogens is 5. The van der Waals surface area contributed by atoms with Crippen LogP contribution in [-0.2, 0) is 4.79 Å². The molecule has 2 saturated carbocycles. The van der Waals surface area contributed by atoms with Crippen LogP contribution in [0.4, 0.5) is 5.69 Å². The summed E-state index contributed by atoms with van der Waals surface area (Å²) >= 11 is 31.2. The lowest BCUT2D eigenvalue weighted by Gasteiger charge is -2.10. The molecule has 2 N–H and O–H groups in total. The number of Topliss-reactive ketones (excluding diaryl/α,β-unsaturated/α-hetero) is 1. The summed E-state index contributed by atoms with van der Waals surface area (Å²) in [5.74, 6) is -0.976. The second-order valence-corrected chi connectivity index (χ2v) is 10.7. The third-order valence-electron chi connectivity index (χ3n) is 5.53. The van der Waals surface area contributed by atoms with Crippen LogP contribution in [0.25, 0.3) is 0 Å². The number of nitrogens with one attached hydrogen (secondary N) is 2. The van der Waals surface area contributed by atoms with Crippen LogP contribution >= 0.6 is 58.0 Å². The average molecular weight is 521 g/mol. The van der Waals surface area contributed by atoms with E-state index in [9.17, 15) is 9.59 Å². The Morgan fingerprint density at radius 2 is 1.68 bits per heavy atom. The Morgan fingerprint density at radius 3 is 2.32 bits per heavy atom. The first-order chi connectivity index (χ1) is 14.7. The van der Waals surface area contributed by atoms with Crippen LogP contribution in [-0.4, -0.2) is 29.1 Å². The highest BCUT2D eigenvalue weighted by Crippen LogP contribution is 2.65. The van der Waals surface area contributed by atoms with Crippen molar-refractivity contribution in [2.24, 2.45) is 11.8 Å². The Bertz CT molecular complexity index is 1020. The highest BCUT2D eigenvalue weighted by atomic mass is 35.5. The van der Waals surface area contributed by atoms with Crippen molar-refractivity contribution in [2.75, 3.05) is 18.4 Å². The van der Waals surface area contributed by atoms with Gasteiger partial charge in [0.2, 0.25) is 5.91 Å². The van der Waals surface area contributed by atoms with E-state index in [1.807, 2.05) is 0 Å². The molecule has 9 heteroatoms. The normalized spacial score (nSPS) is 21.6. The first kappa shape index (κ1) is 23.2. The third-order valence-corrected chi connectivity index (χ3v) is 7.24. The van der Waals surface area contributed by atoms with E-state index in [1.54, 1.807) is 36.4 Å². The van der Waals surface area contributed by atoms with Crippen LogP contribution in [0.3, 0.4) is 0 Å². The lowest BCUT2D eigenvalue weighted by Crippen LogP contribution is -2.25. The SMILES string of the molecule is O=C(CNCC1CC1)c1cc(NC(=O)C2C(c3cc(Cl)cc(Cl)c3)C2(Cl)Cl)ccc1Cl. The van der Waals surface area contributed by atoms with Crippen molar-refractivity contribution in [3.05, 3.63) is 62.6 Å². The van der Waals surface area contributed by atoms with E-state index in [4.69, 9.17) is 58.0 Å². The van der Waals surface area contributed by atoms with Gasteiger partial charge < -0.3 is 10.6 Å². The van der Waals surface area contributed by atoms with E-state index >= 15 is 0 Å². The minimum atomic E-state index is -1.28. The third kappa shape index (κ3) is 5.32. The minimum Gasteiger partial charge on any atom is -0.326 e. The van der Waals surface area contributed by atoms with Gasteiger partial charge in [0, 0.05) is 27.2 Å². The summed E-state index contributed by atoms with van der Waals surface area (Å²) in [5, 5.41) is 7.15. The molecule has 2 aromatic rings. The molecule has 1 amide bonds. The molecular formula is C22H19Cl5N2O2. The quantitative estimate of drug-likeness (QED) is 0.315. The van der Waals surface area contributed by atoms with Gasteiger partial charge in [-0.2, -0.15) is 0 Å². The molecule has 2 aliphatic carbocycles. The Hall–Kier alpha value is -1.01. The molecule has 2 atom stereocenters. The maximum absolute atomic E-state index is 12.9. The van der Waals surface area contributed by atoms with Crippen molar-refractivity contribution in [3.8, 4) is 0 Å². The van der Waals surface area contributed by atoms with Crippen molar-refractivity contribution in [1.29, 1.82) is 0 Å². The molecule has 0 aromatic heterocycles. The van der Waals surface area contributed by atoms with E-state index in [1.165, 1.54) is 12.8 Å². The maximum atomic E-state index is 12.9. The fourth-order valence-corrected chi connectivity index (χ4v) is 5.26. The lowest BCUT2D eigenvalue weighted by molar-refractivity contribution is -0.117. The molecule has 164 valence electrons. The van der Waals surface area contributed by atoms with Crippen LogP contribution in [0.5, 0.6) is 0 Å². The second kappa shape index (κ2) is 9.09. The Morgan fingerprint density at radius 1 is 1.00 bits per heavy atom. The number of ketones is 1. The van der Waals surface area contributed by atoms with Crippen molar-refractivity contribution in [2.45, 2.75) is 23.1 Å². The van der Waals surface area contributed by atoms with Crippen LogP contribution < -0.4 is 10.6 Å². The van der Waals surface area contributed by atoms with E-state index < -0.39 is 16.2 Å². The number of anilines is 1. The van der Waals surface area contributed by atoms with Crippen molar-refractivity contribution in [3.63, 3.8) is 0 Å². The Labute approximate surface area is 205 Å². The molecule has 4 rings (SSSR count). The minimum absolute atomic E-state index is 0.136. The number of rotatable bonds is 8. The van der Waals surface area contributed by atoms with E-state index in [2.05, 4.69) is 10.6 Å². The smallest absolute Gasteiger partial charge is 0.231 e. The van der Waals surface area contributed by atoms with Crippen molar-refractivity contribution < 1.29 is 9.59 Å². The van der Waals surface area contributed by atoms with Gasteiger partial charge in [0.25, 0.3) is 0 Å². The molecule has 0 spiro atoms.